The number of carbonyl (C=O) groups excluding carboxylic acids is 1. The highest BCUT2D eigenvalue weighted by molar-refractivity contribution is 5.80. The van der Waals surface area contributed by atoms with Crippen molar-refractivity contribution in [3.05, 3.63) is 0 Å². The van der Waals surface area contributed by atoms with E-state index < -0.39 is 12.1 Å². The van der Waals surface area contributed by atoms with E-state index in [0.29, 0.717) is 18.4 Å². The number of alkyl halides is 3. The lowest BCUT2D eigenvalue weighted by Crippen LogP contribution is -2.63. The Morgan fingerprint density at radius 2 is 1.61 bits per heavy atom. The van der Waals surface area contributed by atoms with Gasteiger partial charge in [-0.25, -0.2) is 4.79 Å². The fourth-order valence-corrected chi connectivity index (χ4v) is 3.11. The number of halogens is 3. The molecule has 1 spiro atoms. The van der Waals surface area contributed by atoms with Gasteiger partial charge in [0.1, 0.15) is 0 Å². The maximum absolute atomic E-state index is 12.0. The lowest BCUT2D eigenvalue weighted by atomic mass is 9.77. The minimum absolute atomic E-state index is 0.110. The van der Waals surface area contributed by atoms with E-state index in [-0.39, 0.29) is 17.9 Å². The number of aliphatic carboxylic acids is 1. The molecular formula is C14H21F3N2O4. The lowest BCUT2D eigenvalue weighted by molar-refractivity contribution is -0.192. The number of hydrogen-bond donors (Lipinski definition) is 3. The monoisotopic (exact) mass is 338 g/mol. The number of nitrogens with one attached hydrogen (secondary N) is 1. The van der Waals surface area contributed by atoms with Crippen LogP contribution in [0.3, 0.4) is 0 Å². The number of likely N-dealkylation sites (tertiary alicyclic amines) is 1. The highest BCUT2D eigenvalue weighted by Crippen LogP contribution is 2.34. The zero-order chi connectivity index (χ0) is 17.3. The van der Waals surface area contributed by atoms with Gasteiger partial charge in [-0.15, -0.1) is 0 Å². The summed E-state index contributed by atoms with van der Waals surface area (Å²) in [5.74, 6) is -2.37. The van der Waals surface area contributed by atoms with Crippen molar-refractivity contribution in [2.45, 2.75) is 49.9 Å². The number of amides is 1. The van der Waals surface area contributed by atoms with Crippen molar-refractivity contribution < 1.29 is 33.0 Å². The van der Waals surface area contributed by atoms with E-state index in [2.05, 4.69) is 5.32 Å². The number of rotatable bonds is 1. The van der Waals surface area contributed by atoms with Gasteiger partial charge >= 0.3 is 12.1 Å². The summed E-state index contributed by atoms with van der Waals surface area (Å²) >= 11 is 0. The second-order valence-corrected chi connectivity index (χ2v) is 6.41. The Balaban J connectivity index is 0.000000236. The van der Waals surface area contributed by atoms with Crippen LogP contribution in [0.2, 0.25) is 0 Å². The maximum Gasteiger partial charge on any atom is 0.490 e. The molecule has 23 heavy (non-hydrogen) atoms. The number of carbonyl (C=O) groups is 2. The van der Waals surface area contributed by atoms with Crippen molar-refractivity contribution in [1.29, 1.82) is 0 Å². The number of carboxylic acid groups (broad SMARTS) is 1. The molecule has 0 bridgehead atoms. The van der Waals surface area contributed by atoms with Crippen molar-refractivity contribution >= 4 is 11.9 Å². The Kier molecular flexibility index (Phi) is 5.20. The van der Waals surface area contributed by atoms with Gasteiger partial charge in [-0.05, 0) is 38.6 Å². The Hall–Kier alpha value is -1.35. The Bertz CT molecular complexity index is 449. The van der Waals surface area contributed by atoms with E-state index in [9.17, 15) is 23.1 Å². The molecule has 0 atom stereocenters. The van der Waals surface area contributed by atoms with E-state index in [0.717, 1.165) is 32.5 Å². The second kappa shape index (κ2) is 6.64. The zero-order valence-electron chi connectivity index (χ0n) is 12.6. The first kappa shape index (κ1) is 18.0. The number of nitrogens with zero attached hydrogens (tertiary/aromatic N) is 1. The average Bonchev–Trinajstić information content (AvgIpc) is 2.41. The average molecular weight is 338 g/mol. The van der Waals surface area contributed by atoms with Gasteiger partial charge in [0.15, 0.2) is 0 Å². The molecule has 0 radical (unpaired) electrons. The molecule has 2 saturated heterocycles. The summed E-state index contributed by atoms with van der Waals surface area (Å²) in [7, 11) is 0. The van der Waals surface area contributed by atoms with Gasteiger partial charge in [0, 0.05) is 24.5 Å². The Morgan fingerprint density at radius 3 is 1.91 bits per heavy atom. The van der Waals surface area contributed by atoms with Crippen LogP contribution in [-0.4, -0.2) is 64.4 Å². The SMILES string of the molecule is O=C(C1CC(O)C1)N1CCC2(CCN2)CC1.O=C(O)C(F)(F)F. The molecule has 2 heterocycles. The van der Waals surface area contributed by atoms with Crippen LogP contribution in [0, 0.1) is 5.92 Å². The number of aliphatic hydroxyl groups is 1. The summed E-state index contributed by atoms with van der Waals surface area (Å²) < 4.78 is 31.7. The lowest BCUT2D eigenvalue weighted by Gasteiger charge is -2.49. The van der Waals surface area contributed by atoms with Crippen molar-refractivity contribution in [2.24, 2.45) is 5.92 Å². The van der Waals surface area contributed by atoms with E-state index in [4.69, 9.17) is 9.90 Å². The molecule has 9 heteroatoms. The molecule has 1 amide bonds. The summed E-state index contributed by atoms with van der Waals surface area (Å²) in [6.07, 6.45) is -0.463. The van der Waals surface area contributed by atoms with E-state index in [1.165, 1.54) is 6.42 Å². The fraction of sp³-hybridized carbons (Fsp3) is 0.857. The number of hydrogen-bond acceptors (Lipinski definition) is 4. The van der Waals surface area contributed by atoms with Crippen LogP contribution in [-0.2, 0) is 9.59 Å². The highest BCUT2D eigenvalue weighted by atomic mass is 19.4. The Labute approximate surface area is 131 Å². The number of carboxylic acids is 1. The third-order valence-electron chi connectivity index (χ3n) is 4.84. The van der Waals surface area contributed by atoms with E-state index in [1.54, 1.807) is 0 Å². The number of aliphatic hydroxyl groups excluding tert-OH is 1. The minimum Gasteiger partial charge on any atom is -0.475 e. The molecular weight excluding hydrogens is 317 g/mol. The molecule has 132 valence electrons. The number of piperidine rings is 1. The molecule has 1 saturated carbocycles. The van der Waals surface area contributed by atoms with Crippen molar-refractivity contribution in [3.8, 4) is 0 Å². The molecule has 3 aliphatic rings. The normalized spacial score (nSPS) is 29.0. The van der Waals surface area contributed by atoms with Crippen LogP contribution in [0.1, 0.15) is 32.1 Å². The molecule has 6 nitrogen and oxygen atoms in total. The first-order valence-corrected chi connectivity index (χ1v) is 7.65. The second-order valence-electron chi connectivity index (χ2n) is 6.41. The topological polar surface area (TPSA) is 89.9 Å². The van der Waals surface area contributed by atoms with Gasteiger partial charge < -0.3 is 20.4 Å². The molecule has 2 aliphatic heterocycles. The Morgan fingerprint density at radius 1 is 1.13 bits per heavy atom. The van der Waals surface area contributed by atoms with Crippen LogP contribution in [0.25, 0.3) is 0 Å². The van der Waals surface area contributed by atoms with Gasteiger partial charge in [-0.2, -0.15) is 13.2 Å². The zero-order valence-corrected chi connectivity index (χ0v) is 12.6. The highest BCUT2D eigenvalue weighted by Gasteiger charge is 2.42. The minimum atomic E-state index is -5.08. The van der Waals surface area contributed by atoms with Gasteiger partial charge in [-0.3, -0.25) is 4.79 Å². The molecule has 3 rings (SSSR count). The molecule has 3 N–H and O–H groups in total. The molecule has 1 aliphatic carbocycles. The smallest absolute Gasteiger partial charge is 0.475 e. The quantitative estimate of drug-likeness (QED) is 0.656. The van der Waals surface area contributed by atoms with Gasteiger partial charge in [0.25, 0.3) is 0 Å². The molecule has 0 aromatic rings. The van der Waals surface area contributed by atoms with Crippen LogP contribution < -0.4 is 5.32 Å². The van der Waals surface area contributed by atoms with Crippen molar-refractivity contribution in [2.75, 3.05) is 19.6 Å². The van der Waals surface area contributed by atoms with E-state index in [1.807, 2.05) is 4.90 Å². The van der Waals surface area contributed by atoms with Crippen molar-refractivity contribution in [3.63, 3.8) is 0 Å². The third kappa shape index (κ3) is 4.35. The first-order valence-electron chi connectivity index (χ1n) is 7.65. The summed E-state index contributed by atoms with van der Waals surface area (Å²) in [5, 5.41) is 19.8. The maximum atomic E-state index is 12.0. The molecule has 0 aromatic carbocycles. The van der Waals surface area contributed by atoms with Gasteiger partial charge in [0.05, 0.1) is 6.10 Å². The fourth-order valence-electron chi connectivity index (χ4n) is 3.11. The molecule has 0 unspecified atom stereocenters. The summed E-state index contributed by atoms with van der Waals surface area (Å²) in [6, 6.07) is 0. The predicted molar refractivity (Wildman–Crippen MR) is 73.6 cm³/mol. The van der Waals surface area contributed by atoms with Crippen LogP contribution in [0.15, 0.2) is 0 Å². The van der Waals surface area contributed by atoms with Crippen LogP contribution in [0.4, 0.5) is 13.2 Å². The third-order valence-corrected chi connectivity index (χ3v) is 4.84. The van der Waals surface area contributed by atoms with Gasteiger partial charge in [0.2, 0.25) is 5.91 Å². The molecule has 0 aromatic heterocycles. The summed E-state index contributed by atoms with van der Waals surface area (Å²) in [5.41, 5.74) is 0.371. The van der Waals surface area contributed by atoms with Crippen molar-refractivity contribution in [1.82, 2.24) is 10.2 Å². The van der Waals surface area contributed by atoms with Crippen LogP contribution >= 0.6 is 0 Å². The summed E-state index contributed by atoms with van der Waals surface area (Å²) in [6.45, 7) is 2.94. The molecule has 3 fully saturated rings. The van der Waals surface area contributed by atoms with Gasteiger partial charge in [-0.1, -0.05) is 0 Å². The van der Waals surface area contributed by atoms with E-state index >= 15 is 0 Å². The first-order chi connectivity index (χ1) is 10.6. The standard InChI is InChI=1S/C12H20N2O2.C2HF3O2/c15-10-7-9(8-10)11(16)14-5-2-12(3-6-14)1-4-13-12;3-2(4,5)1(6)7/h9-10,13,15H,1-8H2;(H,6,7). The van der Waals surface area contributed by atoms with Crippen LogP contribution in [0.5, 0.6) is 0 Å². The predicted octanol–water partition coefficient (Wildman–Crippen LogP) is 0.745. The largest absolute Gasteiger partial charge is 0.490 e. The summed E-state index contributed by atoms with van der Waals surface area (Å²) in [4.78, 5) is 22.9.